The zero-order valence-electron chi connectivity index (χ0n) is 30.8. The van der Waals surface area contributed by atoms with E-state index in [0.29, 0.717) is 44.4 Å². The summed E-state index contributed by atoms with van der Waals surface area (Å²) < 4.78 is 54.1. The quantitative estimate of drug-likeness (QED) is 0.376. The van der Waals surface area contributed by atoms with Crippen LogP contribution >= 0.6 is 0 Å². The summed E-state index contributed by atoms with van der Waals surface area (Å²) in [4.78, 5) is 14.0. The molecular formula is C41H60O10. The average Bonchev–Trinajstić information content (AvgIpc) is 3.77. The van der Waals surface area contributed by atoms with Crippen molar-refractivity contribution in [2.75, 3.05) is 0 Å². The topological polar surface area (TPSA) is 111 Å². The van der Waals surface area contributed by atoms with Crippen molar-refractivity contribution >= 4 is 5.78 Å². The number of aliphatic hydroxyl groups excluding tert-OH is 1. The van der Waals surface area contributed by atoms with Gasteiger partial charge in [-0.25, -0.2) is 0 Å². The Morgan fingerprint density at radius 2 is 1.49 bits per heavy atom. The molecule has 12 bridgehead atoms. The van der Waals surface area contributed by atoms with Crippen LogP contribution in [0.4, 0.5) is 0 Å². The number of Topliss-reactive ketones (excluding diaryl/α,β-unsaturated/α-hetero) is 1. The Balaban J connectivity index is 0.986. The largest absolute Gasteiger partial charge is 0.393 e. The second-order valence-electron chi connectivity index (χ2n) is 17.8. The van der Waals surface area contributed by atoms with E-state index < -0.39 is 11.9 Å². The summed E-state index contributed by atoms with van der Waals surface area (Å²) in [6, 6.07) is 0. The molecule has 0 aromatic rings. The van der Waals surface area contributed by atoms with Crippen molar-refractivity contribution in [1.82, 2.24) is 0 Å². The third-order valence-electron chi connectivity index (χ3n) is 14.4. The van der Waals surface area contributed by atoms with Crippen molar-refractivity contribution in [2.24, 2.45) is 17.8 Å². The molecule has 1 N–H and O–H groups in total. The van der Waals surface area contributed by atoms with E-state index in [2.05, 4.69) is 27.0 Å². The van der Waals surface area contributed by atoms with E-state index in [1.807, 2.05) is 6.92 Å². The van der Waals surface area contributed by atoms with Gasteiger partial charge in [-0.05, 0) is 86.7 Å². The molecular weight excluding hydrogens is 652 g/mol. The third kappa shape index (κ3) is 6.54. The third-order valence-corrected chi connectivity index (χ3v) is 14.4. The van der Waals surface area contributed by atoms with Gasteiger partial charge in [0.2, 0.25) is 0 Å². The number of rotatable bonds is 3. The summed E-state index contributed by atoms with van der Waals surface area (Å²) in [5.41, 5.74) is 2.28. The molecule has 0 aromatic heterocycles. The van der Waals surface area contributed by atoms with Crippen molar-refractivity contribution in [3.05, 3.63) is 24.3 Å². The fourth-order valence-electron chi connectivity index (χ4n) is 11.3. The minimum Gasteiger partial charge on any atom is -0.393 e. The summed E-state index contributed by atoms with van der Waals surface area (Å²) in [6.07, 6.45) is 7.89. The van der Waals surface area contributed by atoms with E-state index in [0.717, 1.165) is 62.5 Å². The first kappa shape index (κ1) is 35.5. The summed E-state index contributed by atoms with van der Waals surface area (Å²) in [7, 11) is 0. The van der Waals surface area contributed by atoms with Gasteiger partial charge in [0.1, 0.15) is 36.3 Å². The first-order valence-electron chi connectivity index (χ1n) is 20.4. The molecule has 19 atom stereocenters. The maximum atomic E-state index is 14.0. The lowest BCUT2D eigenvalue weighted by Crippen LogP contribution is -2.61. The van der Waals surface area contributed by atoms with Gasteiger partial charge in [-0.1, -0.05) is 33.9 Å². The Kier molecular flexibility index (Phi) is 9.62. The lowest BCUT2D eigenvalue weighted by atomic mass is 9.78. The summed E-state index contributed by atoms with van der Waals surface area (Å²) in [5.74, 6) is -0.0766. The van der Waals surface area contributed by atoms with E-state index in [-0.39, 0.29) is 103 Å². The molecule has 10 aliphatic rings. The minimum atomic E-state index is -0.757. The number of carbonyl (C=O) groups is 1. The van der Waals surface area contributed by atoms with Crippen molar-refractivity contribution < 1.29 is 47.8 Å². The number of aliphatic hydroxyl groups is 1. The van der Waals surface area contributed by atoms with Gasteiger partial charge in [0.15, 0.2) is 5.79 Å². The second kappa shape index (κ2) is 13.8. The molecule has 0 aliphatic carbocycles. The highest BCUT2D eigenvalue weighted by Crippen LogP contribution is 2.54. The molecule has 10 heterocycles. The van der Waals surface area contributed by atoms with Crippen LogP contribution in [0.2, 0.25) is 0 Å². The van der Waals surface area contributed by atoms with Gasteiger partial charge < -0.3 is 43.0 Å². The van der Waals surface area contributed by atoms with Gasteiger partial charge in [0.25, 0.3) is 0 Å². The molecule has 10 saturated heterocycles. The fraction of sp³-hybridized carbons (Fsp3) is 0.878. The van der Waals surface area contributed by atoms with E-state index >= 15 is 0 Å². The monoisotopic (exact) mass is 712 g/mol. The first-order chi connectivity index (χ1) is 24.6. The van der Waals surface area contributed by atoms with E-state index in [1.165, 1.54) is 0 Å². The Hall–Kier alpha value is -1.21. The van der Waals surface area contributed by atoms with Crippen LogP contribution in [0.15, 0.2) is 24.3 Å². The molecule has 10 heteroatoms. The summed E-state index contributed by atoms with van der Waals surface area (Å²) >= 11 is 0. The number of fused-ring (bicyclic) bond motifs is 6. The molecule has 4 unspecified atom stereocenters. The predicted octanol–water partition coefficient (Wildman–Crippen LogP) is 5.51. The Morgan fingerprint density at radius 3 is 2.33 bits per heavy atom. The molecule has 0 amide bonds. The highest BCUT2D eigenvalue weighted by Gasteiger charge is 2.68. The maximum Gasteiger partial charge on any atom is 0.172 e. The smallest absolute Gasteiger partial charge is 0.172 e. The van der Waals surface area contributed by atoms with E-state index in [9.17, 15) is 9.90 Å². The van der Waals surface area contributed by atoms with Crippen LogP contribution in [0.3, 0.4) is 0 Å². The highest BCUT2D eigenvalue weighted by molar-refractivity contribution is 5.79. The van der Waals surface area contributed by atoms with Crippen LogP contribution in [0, 0.1) is 17.8 Å². The van der Waals surface area contributed by atoms with Crippen molar-refractivity contribution in [1.29, 1.82) is 0 Å². The Morgan fingerprint density at radius 1 is 0.745 bits per heavy atom. The first-order valence-corrected chi connectivity index (χ1v) is 20.4. The Labute approximate surface area is 303 Å². The fourth-order valence-corrected chi connectivity index (χ4v) is 11.3. The second-order valence-corrected chi connectivity index (χ2v) is 17.8. The SMILES string of the molecule is C=C1C[C@@H]2CCC34C[C@H]5O[C@H]6[C@@H](O3)[C@H]3OC(CC[C@@H]3O[C@H]6[C@H]5O4)CC(=O)C[C@@H]3[C@@H](C)[C@@H](C[C@H](O)CC)O[C@H]3CC3O[C@@H](CCC1O2)C[C@@H](C)C3=C. The van der Waals surface area contributed by atoms with Crippen molar-refractivity contribution in [3.8, 4) is 0 Å². The van der Waals surface area contributed by atoms with Crippen molar-refractivity contribution in [2.45, 2.75) is 208 Å². The normalized spacial score (nSPS) is 53.2. The van der Waals surface area contributed by atoms with Gasteiger partial charge in [-0.15, -0.1) is 0 Å². The van der Waals surface area contributed by atoms with Crippen LogP contribution in [0.1, 0.15) is 111 Å². The molecule has 10 nitrogen and oxygen atoms in total. The average molecular weight is 713 g/mol. The van der Waals surface area contributed by atoms with Gasteiger partial charge in [0.05, 0.1) is 61.0 Å². The van der Waals surface area contributed by atoms with Crippen LogP contribution in [-0.4, -0.2) is 108 Å². The summed E-state index contributed by atoms with van der Waals surface area (Å²) in [5, 5.41) is 10.6. The van der Waals surface area contributed by atoms with Crippen LogP contribution in [-0.2, 0) is 42.7 Å². The zero-order chi connectivity index (χ0) is 35.2. The molecule has 51 heavy (non-hydrogen) atoms. The number of ketones is 1. The molecule has 0 radical (unpaired) electrons. The number of carbonyl (C=O) groups excluding carboxylic acids is 1. The lowest BCUT2D eigenvalue weighted by Gasteiger charge is -2.47. The highest BCUT2D eigenvalue weighted by atomic mass is 16.8. The molecule has 1 spiro atoms. The van der Waals surface area contributed by atoms with Crippen molar-refractivity contribution in [3.63, 3.8) is 0 Å². The molecule has 284 valence electrons. The van der Waals surface area contributed by atoms with Crippen LogP contribution in [0.25, 0.3) is 0 Å². The standard InChI is InChI=1S/C41H60O10/c1-6-24(42)17-32-23(5)29-16-25(43)15-27-8-10-31-36(46-27)40-39-38(48-31)37-35(49-39)19-41(50-37,51-40)12-11-28-14-21(3)30(44-28)9-7-26-13-20(2)22(4)33(45-26)18-34(29)47-32/h20,23-24,26-40,42H,3-4,6-19H2,1-2,5H3/t20-,23-,24-,26+,27?,28+,29-,30?,31+,32-,33?,34+,35-,36+,37+,38+,39-,40+,41?/m1/s1. The Bertz CT molecular complexity index is 1350. The van der Waals surface area contributed by atoms with Crippen LogP contribution in [0.5, 0.6) is 0 Å². The molecule has 10 aliphatic heterocycles. The number of hydrogen-bond acceptors (Lipinski definition) is 10. The van der Waals surface area contributed by atoms with Gasteiger partial charge in [-0.3, -0.25) is 4.79 Å². The number of ether oxygens (including phenoxy) is 8. The van der Waals surface area contributed by atoms with Gasteiger partial charge in [0, 0.05) is 32.1 Å². The lowest BCUT2D eigenvalue weighted by molar-refractivity contribution is -0.292. The van der Waals surface area contributed by atoms with E-state index in [1.54, 1.807) is 0 Å². The van der Waals surface area contributed by atoms with Gasteiger partial charge in [-0.2, -0.15) is 0 Å². The van der Waals surface area contributed by atoms with E-state index in [4.69, 9.17) is 37.9 Å². The number of hydrogen-bond donors (Lipinski definition) is 1. The van der Waals surface area contributed by atoms with Gasteiger partial charge >= 0.3 is 0 Å². The zero-order valence-corrected chi connectivity index (χ0v) is 30.8. The minimum absolute atomic E-state index is 0.0115. The molecule has 10 rings (SSSR count). The summed E-state index contributed by atoms with van der Waals surface area (Å²) in [6.45, 7) is 15.4. The maximum absolute atomic E-state index is 14.0. The molecule has 10 fully saturated rings. The van der Waals surface area contributed by atoms with Crippen LogP contribution < -0.4 is 0 Å². The predicted molar refractivity (Wildman–Crippen MR) is 186 cm³/mol. The molecule has 0 aromatic carbocycles. The molecule has 0 saturated carbocycles.